The number of aromatic nitrogens is 2. The van der Waals surface area contributed by atoms with Gasteiger partial charge in [0.15, 0.2) is 0 Å². The van der Waals surface area contributed by atoms with E-state index in [0.29, 0.717) is 32.9 Å². The van der Waals surface area contributed by atoms with Gasteiger partial charge < -0.3 is 29.9 Å². The van der Waals surface area contributed by atoms with Gasteiger partial charge in [-0.15, -0.1) is 0 Å². The summed E-state index contributed by atoms with van der Waals surface area (Å²) in [6.07, 6.45) is 3.50. The molecule has 54 heavy (non-hydrogen) atoms. The van der Waals surface area contributed by atoms with Gasteiger partial charge in [0.25, 0.3) is 11.1 Å². The molecule has 268 valence electrons. The quantitative estimate of drug-likeness (QED) is 0.135. The highest BCUT2D eigenvalue weighted by molar-refractivity contribution is 5.98. The Morgan fingerprint density at radius 2 is 0.741 bits per heavy atom. The van der Waals surface area contributed by atoms with E-state index in [9.17, 15) is 30.0 Å². The fraction of sp³-hybridized carbons (Fsp3) is 0.0455. The van der Waals surface area contributed by atoms with E-state index in [1.807, 2.05) is 48.5 Å². The van der Waals surface area contributed by atoms with Crippen LogP contribution < -0.4 is 20.6 Å². The molecule has 0 saturated heterocycles. The van der Waals surface area contributed by atoms with Gasteiger partial charge in [-0.3, -0.25) is 18.7 Å². The second-order valence-electron chi connectivity index (χ2n) is 12.4. The molecule has 0 spiro atoms. The number of ether oxygens (including phenoxy) is 2. The Hall–Kier alpha value is -7.46. The lowest BCUT2D eigenvalue weighted by atomic mass is 10.00. The number of phenolic OH excluding ortho intramolecular Hbond substituents is 4. The Morgan fingerprint density at radius 1 is 0.407 bits per heavy atom. The molecule has 0 saturated carbocycles. The molecule has 6 aromatic carbocycles. The fourth-order valence-electron chi connectivity index (χ4n) is 6.27. The summed E-state index contributed by atoms with van der Waals surface area (Å²) in [5.41, 5.74) is 4.26. The highest BCUT2D eigenvalue weighted by Gasteiger charge is 2.15. The zero-order valence-corrected chi connectivity index (χ0v) is 29.2. The standard InChI is InChI=1S/2C22H17NO4/c2*1-27-18-9-2-14(3-10-18)21-13-23(15-4-6-16(24)7-5-15)22(26)19-11-8-17(25)12-20(19)21/h2*2-13,24-25H,1H3. The van der Waals surface area contributed by atoms with Gasteiger partial charge in [0, 0.05) is 56.4 Å². The van der Waals surface area contributed by atoms with Crippen LogP contribution >= 0.6 is 0 Å². The number of hydrogen-bond donors (Lipinski definition) is 4. The molecule has 0 atom stereocenters. The molecule has 0 fully saturated rings. The van der Waals surface area contributed by atoms with Crippen molar-refractivity contribution in [2.75, 3.05) is 14.2 Å². The maximum absolute atomic E-state index is 13.0. The van der Waals surface area contributed by atoms with Crippen LogP contribution in [0.3, 0.4) is 0 Å². The molecule has 0 radical (unpaired) electrons. The molecule has 0 aliphatic carbocycles. The molecule has 8 aromatic rings. The van der Waals surface area contributed by atoms with Crippen LogP contribution in [0.2, 0.25) is 0 Å². The molecule has 0 unspecified atom stereocenters. The van der Waals surface area contributed by atoms with E-state index in [1.165, 1.54) is 36.4 Å². The predicted molar refractivity (Wildman–Crippen MR) is 210 cm³/mol. The van der Waals surface area contributed by atoms with Gasteiger partial charge in [0.1, 0.15) is 34.5 Å². The van der Waals surface area contributed by atoms with Gasteiger partial charge in [-0.1, -0.05) is 24.3 Å². The number of rotatable bonds is 6. The summed E-state index contributed by atoms with van der Waals surface area (Å²) in [7, 11) is 3.21. The van der Waals surface area contributed by atoms with E-state index in [-0.39, 0.29) is 34.1 Å². The van der Waals surface area contributed by atoms with E-state index in [1.54, 1.807) is 84.3 Å². The van der Waals surface area contributed by atoms with Crippen LogP contribution in [0.4, 0.5) is 0 Å². The lowest BCUT2D eigenvalue weighted by molar-refractivity contribution is 0.415. The number of hydrogen-bond acceptors (Lipinski definition) is 8. The fourth-order valence-corrected chi connectivity index (χ4v) is 6.27. The van der Waals surface area contributed by atoms with E-state index < -0.39 is 0 Å². The first kappa shape index (κ1) is 35.0. The van der Waals surface area contributed by atoms with Crippen LogP contribution in [0.5, 0.6) is 34.5 Å². The normalized spacial score (nSPS) is 10.9. The smallest absolute Gasteiger partial charge is 0.262 e. The molecule has 10 nitrogen and oxygen atoms in total. The minimum Gasteiger partial charge on any atom is -0.508 e. The minimum absolute atomic E-state index is 0.0963. The second-order valence-corrected chi connectivity index (χ2v) is 12.4. The van der Waals surface area contributed by atoms with Crippen LogP contribution in [-0.4, -0.2) is 43.8 Å². The molecule has 0 bridgehead atoms. The van der Waals surface area contributed by atoms with Gasteiger partial charge >= 0.3 is 0 Å². The highest BCUT2D eigenvalue weighted by atomic mass is 16.5. The van der Waals surface area contributed by atoms with Crippen molar-refractivity contribution in [2.45, 2.75) is 0 Å². The van der Waals surface area contributed by atoms with Gasteiger partial charge in [-0.05, 0) is 120 Å². The Bertz CT molecular complexity index is 2540. The maximum atomic E-state index is 13.0. The number of aromatic hydroxyl groups is 4. The predicted octanol–water partition coefficient (Wildman–Crippen LogP) is 8.16. The average Bonchev–Trinajstić information content (AvgIpc) is 3.19. The van der Waals surface area contributed by atoms with Crippen LogP contribution in [0.15, 0.2) is 155 Å². The summed E-state index contributed by atoms with van der Waals surface area (Å²) < 4.78 is 13.5. The number of benzene rings is 6. The van der Waals surface area contributed by atoms with E-state index in [0.717, 1.165) is 33.8 Å². The topological polar surface area (TPSA) is 143 Å². The molecule has 2 heterocycles. The lowest BCUT2D eigenvalue weighted by Crippen LogP contribution is -2.18. The van der Waals surface area contributed by atoms with Gasteiger partial charge in [-0.2, -0.15) is 0 Å². The molecule has 4 N–H and O–H groups in total. The molecular weight excluding hydrogens is 684 g/mol. The summed E-state index contributed by atoms with van der Waals surface area (Å²) in [4.78, 5) is 26.0. The van der Waals surface area contributed by atoms with Gasteiger partial charge in [0.05, 0.1) is 14.2 Å². The molecule has 0 amide bonds. The summed E-state index contributed by atoms with van der Waals surface area (Å²) in [5.74, 6) is 1.93. The van der Waals surface area contributed by atoms with E-state index in [4.69, 9.17) is 9.47 Å². The van der Waals surface area contributed by atoms with Crippen LogP contribution in [0.25, 0.3) is 55.2 Å². The van der Waals surface area contributed by atoms with Crippen molar-refractivity contribution in [3.63, 3.8) is 0 Å². The highest BCUT2D eigenvalue weighted by Crippen LogP contribution is 2.33. The molecular formula is C44H34N2O8. The minimum atomic E-state index is -0.201. The van der Waals surface area contributed by atoms with Crippen molar-refractivity contribution in [3.05, 3.63) is 167 Å². The Balaban J connectivity index is 0.000000167. The summed E-state index contributed by atoms with van der Waals surface area (Å²) in [5, 5.41) is 41.3. The lowest BCUT2D eigenvalue weighted by Gasteiger charge is -2.13. The third-order valence-corrected chi connectivity index (χ3v) is 9.06. The second kappa shape index (κ2) is 14.6. The Morgan fingerprint density at radius 3 is 1.07 bits per heavy atom. The number of phenols is 4. The monoisotopic (exact) mass is 718 g/mol. The summed E-state index contributed by atoms with van der Waals surface area (Å²) in [6.45, 7) is 0. The first-order valence-electron chi connectivity index (χ1n) is 16.8. The van der Waals surface area contributed by atoms with Gasteiger partial charge in [-0.25, -0.2) is 0 Å². The number of nitrogens with zero attached hydrogens (tertiary/aromatic N) is 2. The van der Waals surface area contributed by atoms with Crippen molar-refractivity contribution in [3.8, 4) is 68.1 Å². The zero-order valence-electron chi connectivity index (χ0n) is 29.2. The largest absolute Gasteiger partial charge is 0.508 e. The van der Waals surface area contributed by atoms with Crippen molar-refractivity contribution < 1.29 is 29.9 Å². The van der Waals surface area contributed by atoms with Crippen LogP contribution in [-0.2, 0) is 0 Å². The SMILES string of the molecule is COc1ccc(-c2cn(-c3ccc(O)cc3)c(=O)c3ccc(O)cc23)cc1.COc1ccc(-c2cn(-c3ccc(O)cc3)c(=O)c3ccc(O)cc23)cc1. The third kappa shape index (κ3) is 6.91. The molecule has 0 aliphatic rings. The van der Waals surface area contributed by atoms with Crippen molar-refractivity contribution >= 4 is 21.5 Å². The maximum Gasteiger partial charge on any atom is 0.262 e. The van der Waals surface area contributed by atoms with Crippen molar-refractivity contribution in [1.82, 2.24) is 9.13 Å². The summed E-state index contributed by atoms with van der Waals surface area (Å²) in [6, 6.07) is 37.3. The number of pyridine rings is 2. The van der Waals surface area contributed by atoms with Crippen molar-refractivity contribution in [2.24, 2.45) is 0 Å². The third-order valence-electron chi connectivity index (χ3n) is 9.06. The van der Waals surface area contributed by atoms with E-state index in [2.05, 4.69) is 0 Å². The number of methoxy groups -OCH3 is 2. The zero-order chi connectivity index (χ0) is 37.9. The van der Waals surface area contributed by atoms with Crippen LogP contribution in [0, 0.1) is 0 Å². The first-order chi connectivity index (χ1) is 26.1. The Kier molecular flexibility index (Phi) is 9.48. The summed E-state index contributed by atoms with van der Waals surface area (Å²) >= 11 is 0. The van der Waals surface area contributed by atoms with E-state index >= 15 is 0 Å². The number of fused-ring (bicyclic) bond motifs is 2. The van der Waals surface area contributed by atoms with Crippen LogP contribution in [0.1, 0.15) is 0 Å². The molecule has 0 aliphatic heterocycles. The Labute approximate surface area is 308 Å². The van der Waals surface area contributed by atoms with Crippen molar-refractivity contribution in [1.29, 1.82) is 0 Å². The van der Waals surface area contributed by atoms with Gasteiger partial charge in [0.2, 0.25) is 0 Å². The molecule has 2 aromatic heterocycles. The molecule has 8 rings (SSSR count). The first-order valence-corrected chi connectivity index (χ1v) is 16.8. The molecule has 10 heteroatoms. The average molecular weight is 719 g/mol.